The number of nitrogens with two attached hydrogens (primary N) is 1. The lowest BCUT2D eigenvalue weighted by Gasteiger charge is -2.25. The summed E-state index contributed by atoms with van der Waals surface area (Å²) in [5, 5.41) is 4.28. The quantitative estimate of drug-likeness (QED) is 0.741. The van der Waals surface area contributed by atoms with Crippen molar-refractivity contribution in [3.05, 3.63) is 11.8 Å². The van der Waals surface area contributed by atoms with Crippen LogP contribution in [-0.2, 0) is 7.05 Å². The van der Waals surface area contributed by atoms with Crippen LogP contribution in [0.2, 0.25) is 0 Å². The maximum absolute atomic E-state index is 5.60. The van der Waals surface area contributed by atoms with Gasteiger partial charge in [0.1, 0.15) is 5.82 Å². The van der Waals surface area contributed by atoms with E-state index >= 15 is 0 Å². The van der Waals surface area contributed by atoms with Crippen LogP contribution < -0.4 is 10.6 Å². The van der Waals surface area contributed by atoms with Crippen LogP contribution in [0.4, 0.5) is 5.82 Å². The summed E-state index contributed by atoms with van der Waals surface area (Å²) >= 11 is 0. The van der Waals surface area contributed by atoms with Gasteiger partial charge in [0.05, 0.1) is 5.69 Å². The summed E-state index contributed by atoms with van der Waals surface area (Å²) in [6.45, 7) is 4.74. The smallest absolute Gasteiger partial charge is 0.126 e. The predicted molar refractivity (Wildman–Crippen MR) is 54.9 cm³/mol. The van der Waals surface area contributed by atoms with Crippen molar-refractivity contribution in [1.82, 2.24) is 9.78 Å². The second-order valence-corrected chi connectivity index (χ2v) is 3.46. The van der Waals surface area contributed by atoms with E-state index in [2.05, 4.69) is 23.0 Å². The SMILES string of the molecule is Cc1cc(N(C)C(C)CN)n(C)n1. The Bertz CT molecular complexity index is 279. The molecule has 0 bridgehead atoms. The topological polar surface area (TPSA) is 47.1 Å². The number of nitrogens with zero attached hydrogens (tertiary/aromatic N) is 3. The molecular weight excluding hydrogens is 164 g/mol. The molecular formula is C9H18N4. The van der Waals surface area contributed by atoms with E-state index in [0.717, 1.165) is 11.5 Å². The summed E-state index contributed by atoms with van der Waals surface area (Å²) < 4.78 is 1.88. The first-order valence-electron chi connectivity index (χ1n) is 4.49. The molecule has 0 spiro atoms. The number of rotatable bonds is 3. The number of hydrogen-bond donors (Lipinski definition) is 1. The Kier molecular flexibility index (Phi) is 2.93. The van der Waals surface area contributed by atoms with E-state index in [0.29, 0.717) is 12.6 Å². The molecule has 1 rings (SSSR count). The van der Waals surface area contributed by atoms with Crippen LogP contribution in [0, 0.1) is 6.92 Å². The van der Waals surface area contributed by atoms with Crippen LogP contribution >= 0.6 is 0 Å². The molecule has 1 aromatic rings. The van der Waals surface area contributed by atoms with E-state index in [-0.39, 0.29) is 0 Å². The third-order valence-electron chi connectivity index (χ3n) is 2.34. The summed E-state index contributed by atoms with van der Waals surface area (Å²) in [6.07, 6.45) is 0. The van der Waals surface area contributed by atoms with E-state index < -0.39 is 0 Å². The third kappa shape index (κ3) is 2.01. The van der Waals surface area contributed by atoms with Gasteiger partial charge in [0, 0.05) is 32.7 Å². The molecule has 0 amide bonds. The fourth-order valence-corrected chi connectivity index (χ4v) is 1.31. The Morgan fingerprint density at radius 1 is 1.69 bits per heavy atom. The van der Waals surface area contributed by atoms with Gasteiger partial charge in [0.15, 0.2) is 0 Å². The zero-order chi connectivity index (χ0) is 10.0. The summed E-state index contributed by atoms with van der Waals surface area (Å²) in [4.78, 5) is 2.14. The van der Waals surface area contributed by atoms with Crippen LogP contribution in [0.1, 0.15) is 12.6 Å². The van der Waals surface area contributed by atoms with Crippen molar-refractivity contribution in [2.75, 3.05) is 18.5 Å². The Balaban J connectivity index is 2.87. The minimum Gasteiger partial charge on any atom is -0.356 e. The van der Waals surface area contributed by atoms with Gasteiger partial charge in [0.25, 0.3) is 0 Å². The Hall–Kier alpha value is -1.03. The average Bonchev–Trinajstić information content (AvgIpc) is 2.42. The van der Waals surface area contributed by atoms with Crippen molar-refractivity contribution in [3.8, 4) is 0 Å². The van der Waals surface area contributed by atoms with Gasteiger partial charge in [-0.05, 0) is 13.8 Å². The van der Waals surface area contributed by atoms with E-state index in [4.69, 9.17) is 5.73 Å². The minimum atomic E-state index is 0.342. The largest absolute Gasteiger partial charge is 0.356 e. The van der Waals surface area contributed by atoms with Crippen molar-refractivity contribution >= 4 is 5.82 Å². The number of hydrogen-bond acceptors (Lipinski definition) is 3. The molecule has 74 valence electrons. The second-order valence-electron chi connectivity index (χ2n) is 3.46. The van der Waals surface area contributed by atoms with Crippen molar-refractivity contribution in [3.63, 3.8) is 0 Å². The highest BCUT2D eigenvalue weighted by Gasteiger charge is 2.11. The van der Waals surface area contributed by atoms with Gasteiger partial charge in [-0.1, -0.05) is 0 Å². The average molecular weight is 182 g/mol. The van der Waals surface area contributed by atoms with E-state index in [1.165, 1.54) is 0 Å². The van der Waals surface area contributed by atoms with Crippen molar-refractivity contribution < 1.29 is 0 Å². The lowest BCUT2D eigenvalue weighted by molar-refractivity contribution is 0.651. The van der Waals surface area contributed by atoms with Gasteiger partial charge in [0.2, 0.25) is 0 Å². The first-order chi connectivity index (χ1) is 6.06. The van der Waals surface area contributed by atoms with Crippen LogP contribution in [0.5, 0.6) is 0 Å². The van der Waals surface area contributed by atoms with Gasteiger partial charge in [-0.15, -0.1) is 0 Å². The summed E-state index contributed by atoms with van der Waals surface area (Å²) in [5.74, 6) is 1.11. The lowest BCUT2D eigenvalue weighted by Crippen LogP contribution is -2.36. The molecule has 0 fully saturated rings. The zero-order valence-corrected chi connectivity index (χ0v) is 8.78. The standard InChI is InChI=1S/C9H18N4/c1-7-5-9(13(4)11-7)12(3)8(2)6-10/h5,8H,6,10H2,1-4H3. The van der Waals surface area contributed by atoms with E-state index in [1.54, 1.807) is 0 Å². The fourth-order valence-electron chi connectivity index (χ4n) is 1.31. The molecule has 1 heterocycles. The summed E-state index contributed by atoms with van der Waals surface area (Å²) in [5.41, 5.74) is 6.63. The molecule has 0 saturated heterocycles. The minimum absolute atomic E-state index is 0.342. The first-order valence-corrected chi connectivity index (χ1v) is 4.49. The molecule has 0 saturated carbocycles. The Labute approximate surface area is 79.3 Å². The van der Waals surface area contributed by atoms with Gasteiger partial charge in [-0.2, -0.15) is 5.10 Å². The lowest BCUT2D eigenvalue weighted by atomic mass is 10.3. The molecule has 0 aliphatic carbocycles. The van der Waals surface area contributed by atoms with E-state index in [9.17, 15) is 0 Å². The molecule has 0 radical (unpaired) electrons. The Morgan fingerprint density at radius 3 is 2.69 bits per heavy atom. The van der Waals surface area contributed by atoms with Gasteiger partial charge < -0.3 is 10.6 Å². The van der Waals surface area contributed by atoms with Crippen molar-refractivity contribution in [1.29, 1.82) is 0 Å². The van der Waals surface area contributed by atoms with E-state index in [1.807, 2.05) is 25.7 Å². The number of aromatic nitrogens is 2. The fraction of sp³-hybridized carbons (Fsp3) is 0.667. The normalized spacial score (nSPS) is 13.0. The molecule has 13 heavy (non-hydrogen) atoms. The van der Waals surface area contributed by atoms with Crippen LogP contribution in [0.15, 0.2) is 6.07 Å². The van der Waals surface area contributed by atoms with Crippen LogP contribution in [0.3, 0.4) is 0 Å². The monoisotopic (exact) mass is 182 g/mol. The molecule has 0 aliphatic heterocycles. The van der Waals surface area contributed by atoms with Gasteiger partial charge in [-0.3, -0.25) is 4.68 Å². The molecule has 1 atom stereocenters. The maximum Gasteiger partial charge on any atom is 0.126 e. The highest BCUT2D eigenvalue weighted by atomic mass is 15.4. The summed E-state index contributed by atoms with van der Waals surface area (Å²) in [7, 11) is 3.98. The first kappa shape index (κ1) is 10.1. The zero-order valence-electron chi connectivity index (χ0n) is 8.78. The number of aryl methyl sites for hydroxylation is 2. The van der Waals surface area contributed by atoms with Crippen LogP contribution in [-0.4, -0.2) is 29.4 Å². The third-order valence-corrected chi connectivity index (χ3v) is 2.34. The molecule has 0 aromatic carbocycles. The number of anilines is 1. The number of likely N-dealkylation sites (N-methyl/N-ethyl adjacent to an activating group) is 1. The molecule has 1 unspecified atom stereocenters. The Morgan fingerprint density at radius 2 is 2.31 bits per heavy atom. The molecule has 2 N–H and O–H groups in total. The molecule has 1 aromatic heterocycles. The highest BCUT2D eigenvalue weighted by Crippen LogP contribution is 2.14. The molecule has 0 aliphatic rings. The second kappa shape index (κ2) is 3.79. The highest BCUT2D eigenvalue weighted by molar-refractivity contribution is 5.40. The maximum atomic E-state index is 5.60. The van der Waals surface area contributed by atoms with Gasteiger partial charge >= 0.3 is 0 Å². The molecule has 4 heteroatoms. The van der Waals surface area contributed by atoms with Gasteiger partial charge in [-0.25, -0.2) is 0 Å². The molecule has 4 nitrogen and oxygen atoms in total. The van der Waals surface area contributed by atoms with Crippen LogP contribution in [0.25, 0.3) is 0 Å². The van der Waals surface area contributed by atoms with Crippen molar-refractivity contribution in [2.45, 2.75) is 19.9 Å². The summed E-state index contributed by atoms with van der Waals surface area (Å²) in [6, 6.07) is 2.40. The van der Waals surface area contributed by atoms with Crippen molar-refractivity contribution in [2.24, 2.45) is 12.8 Å². The predicted octanol–water partition coefficient (Wildman–Crippen LogP) is 0.512.